The summed E-state index contributed by atoms with van der Waals surface area (Å²) in [6, 6.07) is 16.2. The lowest BCUT2D eigenvalue weighted by molar-refractivity contribution is -0.192. The Labute approximate surface area is 222 Å². The molecule has 1 aromatic carbocycles. The molecule has 39 heavy (non-hydrogen) atoms. The first-order valence-corrected chi connectivity index (χ1v) is 12.2. The zero-order valence-corrected chi connectivity index (χ0v) is 21.4. The summed E-state index contributed by atoms with van der Waals surface area (Å²) in [5.74, 6) is 0.00898. The summed E-state index contributed by atoms with van der Waals surface area (Å²) < 4.78 is 44.4. The van der Waals surface area contributed by atoms with Crippen molar-refractivity contribution in [1.82, 2.24) is 24.5 Å². The number of halogens is 3. The third kappa shape index (κ3) is 7.02. The second kappa shape index (κ2) is 12.1. The van der Waals surface area contributed by atoms with Crippen molar-refractivity contribution in [3.63, 3.8) is 0 Å². The highest BCUT2D eigenvalue weighted by atomic mass is 19.4. The number of carboxylic acids is 1. The lowest BCUT2D eigenvalue weighted by atomic mass is 9.97. The van der Waals surface area contributed by atoms with E-state index in [1.165, 1.54) is 0 Å². The monoisotopic (exact) mass is 543 g/mol. The molecule has 1 aliphatic rings. The smallest absolute Gasteiger partial charge is 0.490 e. The number of ether oxygens (including phenoxy) is 2. The van der Waals surface area contributed by atoms with Gasteiger partial charge in [-0.15, -0.1) is 0 Å². The van der Waals surface area contributed by atoms with Crippen LogP contribution in [0.1, 0.15) is 30.1 Å². The molecule has 0 radical (unpaired) electrons. The van der Waals surface area contributed by atoms with E-state index in [4.69, 9.17) is 29.5 Å². The molecule has 1 fully saturated rings. The van der Waals surface area contributed by atoms with Crippen molar-refractivity contribution >= 4 is 11.6 Å². The molecule has 206 valence electrons. The SMILES string of the molecule is COc1cccc(-c2ccc3nc(C4CCCN(Cc5cccnc5OC)C4)nn3c2)c1.O=C(O)C(F)(F)F. The van der Waals surface area contributed by atoms with E-state index in [0.29, 0.717) is 11.8 Å². The summed E-state index contributed by atoms with van der Waals surface area (Å²) in [6.45, 7) is 2.81. The molecule has 0 spiro atoms. The summed E-state index contributed by atoms with van der Waals surface area (Å²) in [5.41, 5.74) is 4.17. The number of aliphatic carboxylic acids is 1. The van der Waals surface area contributed by atoms with E-state index >= 15 is 0 Å². The van der Waals surface area contributed by atoms with Crippen LogP contribution in [0.5, 0.6) is 11.6 Å². The van der Waals surface area contributed by atoms with Crippen molar-refractivity contribution in [1.29, 1.82) is 0 Å². The molecule has 9 nitrogen and oxygen atoms in total. The maximum Gasteiger partial charge on any atom is 0.490 e. The van der Waals surface area contributed by atoms with Crippen LogP contribution in [0.2, 0.25) is 0 Å². The van der Waals surface area contributed by atoms with Gasteiger partial charge < -0.3 is 14.6 Å². The van der Waals surface area contributed by atoms with Crippen LogP contribution < -0.4 is 9.47 Å². The molecule has 0 amide bonds. The molecule has 1 N–H and O–H groups in total. The Morgan fingerprint density at radius 3 is 2.62 bits per heavy atom. The van der Waals surface area contributed by atoms with E-state index in [9.17, 15) is 13.2 Å². The Morgan fingerprint density at radius 1 is 1.10 bits per heavy atom. The first kappa shape index (κ1) is 27.8. The summed E-state index contributed by atoms with van der Waals surface area (Å²) in [6.07, 6.45) is 0.946. The van der Waals surface area contributed by atoms with Gasteiger partial charge in [-0.3, -0.25) is 4.90 Å². The van der Waals surface area contributed by atoms with Crippen LogP contribution >= 0.6 is 0 Å². The molecular formula is C27H28F3N5O4. The largest absolute Gasteiger partial charge is 0.497 e. The molecule has 4 heterocycles. The number of aromatic nitrogens is 4. The number of fused-ring (bicyclic) bond motifs is 1. The molecular weight excluding hydrogens is 515 g/mol. The van der Waals surface area contributed by atoms with Gasteiger partial charge in [-0.25, -0.2) is 19.3 Å². The lowest BCUT2D eigenvalue weighted by Gasteiger charge is -2.31. The second-order valence-corrected chi connectivity index (χ2v) is 8.97. The van der Waals surface area contributed by atoms with E-state index < -0.39 is 12.1 Å². The normalized spacial score (nSPS) is 15.9. The summed E-state index contributed by atoms with van der Waals surface area (Å²) in [5, 5.41) is 12.0. The first-order chi connectivity index (χ1) is 18.7. The minimum Gasteiger partial charge on any atom is -0.497 e. The van der Waals surface area contributed by atoms with Gasteiger partial charge >= 0.3 is 12.1 Å². The van der Waals surface area contributed by atoms with Gasteiger partial charge in [0.1, 0.15) is 5.75 Å². The molecule has 0 saturated carbocycles. The minimum atomic E-state index is -5.08. The summed E-state index contributed by atoms with van der Waals surface area (Å²) in [4.78, 5) is 20.5. The van der Waals surface area contributed by atoms with Crippen molar-refractivity contribution in [2.75, 3.05) is 27.3 Å². The predicted molar refractivity (Wildman–Crippen MR) is 137 cm³/mol. The quantitative estimate of drug-likeness (QED) is 0.369. The Bertz CT molecular complexity index is 1430. The predicted octanol–water partition coefficient (Wildman–Crippen LogP) is 4.82. The molecule has 3 aromatic heterocycles. The van der Waals surface area contributed by atoms with Gasteiger partial charge in [0, 0.05) is 42.5 Å². The van der Waals surface area contributed by atoms with Crippen molar-refractivity contribution in [3.8, 4) is 22.8 Å². The highest BCUT2D eigenvalue weighted by Crippen LogP contribution is 2.29. The van der Waals surface area contributed by atoms with Gasteiger partial charge in [-0.2, -0.15) is 18.3 Å². The number of hydrogen-bond donors (Lipinski definition) is 1. The molecule has 12 heteroatoms. The van der Waals surface area contributed by atoms with Gasteiger partial charge in [0.2, 0.25) is 5.88 Å². The number of piperidine rings is 1. The van der Waals surface area contributed by atoms with Gasteiger partial charge in [-0.1, -0.05) is 18.2 Å². The highest BCUT2D eigenvalue weighted by molar-refractivity contribution is 5.73. The van der Waals surface area contributed by atoms with Crippen LogP contribution in [-0.4, -0.2) is 69.0 Å². The van der Waals surface area contributed by atoms with E-state index in [2.05, 4.69) is 28.1 Å². The van der Waals surface area contributed by atoms with Crippen molar-refractivity contribution in [2.45, 2.75) is 31.5 Å². The number of nitrogens with zero attached hydrogens (tertiary/aromatic N) is 5. The molecule has 1 saturated heterocycles. The van der Waals surface area contributed by atoms with Crippen LogP contribution in [0, 0.1) is 0 Å². The third-order valence-electron chi connectivity index (χ3n) is 6.30. The maximum absolute atomic E-state index is 10.6. The van der Waals surface area contributed by atoms with Crippen LogP contribution in [0.25, 0.3) is 16.8 Å². The molecule has 5 rings (SSSR count). The highest BCUT2D eigenvalue weighted by Gasteiger charge is 2.38. The van der Waals surface area contributed by atoms with Crippen molar-refractivity contribution < 1.29 is 32.5 Å². The zero-order valence-electron chi connectivity index (χ0n) is 21.4. The van der Waals surface area contributed by atoms with Gasteiger partial charge in [0.15, 0.2) is 11.5 Å². The molecule has 1 unspecified atom stereocenters. The fraction of sp³-hybridized carbons (Fsp3) is 0.333. The van der Waals surface area contributed by atoms with E-state index in [-0.39, 0.29) is 0 Å². The summed E-state index contributed by atoms with van der Waals surface area (Å²) >= 11 is 0. The number of alkyl halides is 3. The number of carbonyl (C=O) groups is 1. The number of pyridine rings is 2. The number of rotatable bonds is 6. The Balaban J connectivity index is 0.000000448. The molecule has 0 bridgehead atoms. The van der Waals surface area contributed by atoms with Crippen LogP contribution in [0.15, 0.2) is 60.9 Å². The number of likely N-dealkylation sites (tertiary alicyclic amines) is 1. The Morgan fingerprint density at radius 2 is 1.90 bits per heavy atom. The van der Waals surface area contributed by atoms with Crippen LogP contribution in [0.3, 0.4) is 0 Å². The topological polar surface area (TPSA) is 102 Å². The maximum atomic E-state index is 10.6. The Kier molecular flexibility index (Phi) is 8.65. The first-order valence-electron chi connectivity index (χ1n) is 12.2. The molecule has 4 aromatic rings. The average molecular weight is 544 g/mol. The van der Waals surface area contributed by atoms with Gasteiger partial charge in [0.05, 0.1) is 14.2 Å². The number of methoxy groups -OCH3 is 2. The van der Waals surface area contributed by atoms with E-state index in [1.807, 2.05) is 41.0 Å². The van der Waals surface area contributed by atoms with Crippen LogP contribution in [-0.2, 0) is 11.3 Å². The lowest BCUT2D eigenvalue weighted by Crippen LogP contribution is -2.34. The van der Waals surface area contributed by atoms with E-state index in [1.54, 1.807) is 20.4 Å². The zero-order chi connectivity index (χ0) is 28.0. The minimum absolute atomic E-state index is 0.312. The number of benzene rings is 1. The second-order valence-electron chi connectivity index (χ2n) is 8.97. The van der Waals surface area contributed by atoms with Gasteiger partial charge in [-0.05, 0) is 55.3 Å². The van der Waals surface area contributed by atoms with Crippen LogP contribution in [0.4, 0.5) is 13.2 Å². The number of hydrogen-bond acceptors (Lipinski definition) is 7. The fourth-order valence-electron chi connectivity index (χ4n) is 4.43. The van der Waals surface area contributed by atoms with Crippen molar-refractivity contribution in [2.24, 2.45) is 0 Å². The molecule has 0 aliphatic carbocycles. The molecule has 1 aliphatic heterocycles. The average Bonchev–Trinajstić information content (AvgIpc) is 3.37. The number of carboxylic acid groups (broad SMARTS) is 1. The Hall–Kier alpha value is -4.19. The fourth-order valence-corrected chi connectivity index (χ4v) is 4.43. The van der Waals surface area contributed by atoms with Gasteiger partial charge in [0.25, 0.3) is 0 Å². The standard InChI is InChI=1S/C25H27N5O2.C2HF3O2/c1-31-22-9-3-6-18(14-22)19-10-11-23-27-24(28-30(23)17-19)20-8-5-13-29(15-20)16-21-7-4-12-26-25(21)32-2;3-2(4,5)1(6)7/h3-4,6-7,9-12,14,17,20H,5,8,13,15-16H2,1-2H3;(H,6,7). The van der Waals surface area contributed by atoms with E-state index in [0.717, 1.165) is 66.4 Å². The van der Waals surface area contributed by atoms with Crippen molar-refractivity contribution in [3.05, 3.63) is 72.3 Å². The summed E-state index contributed by atoms with van der Waals surface area (Å²) in [7, 11) is 3.36. The third-order valence-corrected chi connectivity index (χ3v) is 6.30. The molecule has 1 atom stereocenters.